The van der Waals surface area contributed by atoms with E-state index in [0.29, 0.717) is 4.99 Å². The average Bonchev–Trinajstić information content (AvgIpc) is 2.39. The summed E-state index contributed by atoms with van der Waals surface area (Å²) in [5.74, 6) is 0.110. The number of nitrogens with two attached hydrogens (primary N) is 1. The molecule has 3 nitrogen and oxygen atoms in total. The predicted octanol–water partition coefficient (Wildman–Crippen LogP) is 3.78. The van der Waals surface area contributed by atoms with Gasteiger partial charge >= 0.3 is 0 Å². The van der Waals surface area contributed by atoms with E-state index in [9.17, 15) is 4.79 Å². The second kappa shape index (κ2) is 8.00. The van der Waals surface area contributed by atoms with E-state index < -0.39 is 0 Å². The first-order valence-electron chi connectivity index (χ1n) is 7.21. The highest BCUT2D eigenvalue weighted by Crippen LogP contribution is 2.22. The Bertz CT molecular complexity index is 485. The van der Waals surface area contributed by atoms with Crippen LogP contribution in [0.5, 0.6) is 0 Å². The smallest absolute Gasteiger partial charge is 0.227 e. The summed E-state index contributed by atoms with van der Waals surface area (Å²) in [7, 11) is 0. The molecule has 1 amide bonds. The molecule has 110 valence electrons. The van der Waals surface area contributed by atoms with Crippen LogP contribution >= 0.6 is 12.2 Å². The normalized spacial score (nSPS) is 11.9. The van der Waals surface area contributed by atoms with Crippen molar-refractivity contribution in [2.75, 3.05) is 5.32 Å². The van der Waals surface area contributed by atoms with Crippen LogP contribution in [0.15, 0.2) is 18.2 Å². The van der Waals surface area contributed by atoms with Crippen LogP contribution < -0.4 is 11.1 Å². The molecule has 4 heteroatoms. The van der Waals surface area contributed by atoms with Gasteiger partial charge in [0.1, 0.15) is 4.99 Å². The van der Waals surface area contributed by atoms with E-state index in [1.165, 1.54) is 0 Å². The Morgan fingerprint density at radius 2 is 2.10 bits per heavy atom. The van der Waals surface area contributed by atoms with Gasteiger partial charge in [0.2, 0.25) is 5.91 Å². The van der Waals surface area contributed by atoms with Gasteiger partial charge in [-0.1, -0.05) is 51.0 Å². The van der Waals surface area contributed by atoms with Gasteiger partial charge in [-0.2, -0.15) is 0 Å². The van der Waals surface area contributed by atoms with Crippen LogP contribution in [0.1, 0.15) is 50.7 Å². The Labute approximate surface area is 126 Å². The third kappa shape index (κ3) is 4.30. The fourth-order valence-corrected chi connectivity index (χ4v) is 2.58. The van der Waals surface area contributed by atoms with E-state index in [2.05, 4.69) is 12.2 Å². The molecule has 1 aromatic rings. The molecule has 0 heterocycles. The van der Waals surface area contributed by atoms with Gasteiger partial charge in [-0.25, -0.2) is 0 Å². The summed E-state index contributed by atoms with van der Waals surface area (Å²) in [6, 6.07) is 5.70. The Kier molecular flexibility index (Phi) is 6.65. The first-order valence-corrected chi connectivity index (χ1v) is 7.62. The molecule has 0 saturated carbocycles. The zero-order valence-electron chi connectivity index (χ0n) is 12.5. The van der Waals surface area contributed by atoms with Crippen molar-refractivity contribution in [2.24, 2.45) is 11.7 Å². The SMILES string of the molecule is CCCCC(CC)C(=O)Nc1cccc(C)c1C(N)=S. The number of rotatable bonds is 7. The van der Waals surface area contributed by atoms with Crippen molar-refractivity contribution in [3.63, 3.8) is 0 Å². The average molecular weight is 292 g/mol. The first-order chi connectivity index (χ1) is 9.51. The Balaban J connectivity index is 2.89. The number of hydrogen-bond donors (Lipinski definition) is 2. The van der Waals surface area contributed by atoms with Crippen molar-refractivity contribution in [1.29, 1.82) is 0 Å². The number of carbonyl (C=O) groups excluding carboxylic acids is 1. The molecule has 20 heavy (non-hydrogen) atoms. The second-order valence-corrected chi connectivity index (χ2v) is 5.54. The monoisotopic (exact) mass is 292 g/mol. The van der Waals surface area contributed by atoms with Crippen molar-refractivity contribution in [2.45, 2.75) is 46.5 Å². The molecular formula is C16H24N2OS. The Morgan fingerprint density at radius 3 is 2.65 bits per heavy atom. The largest absolute Gasteiger partial charge is 0.389 e. The number of anilines is 1. The third-order valence-corrected chi connectivity index (χ3v) is 3.75. The molecule has 0 aliphatic carbocycles. The van der Waals surface area contributed by atoms with E-state index in [4.69, 9.17) is 18.0 Å². The molecular weight excluding hydrogens is 268 g/mol. The third-order valence-electron chi connectivity index (χ3n) is 3.55. The van der Waals surface area contributed by atoms with E-state index in [-0.39, 0.29) is 11.8 Å². The molecule has 0 saturated heterocycles. The highest BCUT2D eigenvalue weighted by atomic mass is 32.1. The van der Waals surface area contributed by atoms with Gasteiger partial charge < -0.3 is 11.1 Å². The summed E-state index contributed by atoms with van der Waals surface area (Å²) in [6.07, 6.45) is 3.95. The van der Waals surface area contributed by atoms with Gasteiger partial charge in [0.25, 0.3) is 0 Å². The number of thiocarbonyl (C=S) groups is 1. The lowest BCUT2D eigenvalue weighted by Gasteiger charge is -2.17. The fraction of sp³-hybridized carbons (Fsp3) is 0.500. The van der Waals surface area contributed by atoms with Crippen molar-refractivity contribution in [1.82, 2.24) is 0 Å². The van der Waals surface area contributed by atoms with Gasteiger partial charge in [-0.15, -0.1) is 0 Å². The summed E-state index contributed by atoms with van der Waals surface area (Å²) in [4.78, 5) is 12.7. The maximum Gasteiger partial charge on any atom is 0.227 e. The molecule has 1 atom stereocenters. The molecule has 0 bridgehead atoms. The standard InChI is InChI=1S/C16H24N2OS/c1-4-6-9-12(5-2)16(19)18-13-10-7-8-11(3)14(13)15(17)20/h7-8,10,12H,4-6,9H2,1-3H3,(H2,17,20)(H,18,19). The summed E-state index contributed by atoms with van der Waals surface area (Å²) in [5, 5.41) is 2.99. The van der Waals surface area contributed by atoms with E-state index in [1.54, 1.807) is 0 Å². The minimum absolute atomic E-state index is 0.0506. The van der Waals surface area contributed by atoms with Crippen LogP contribution in [-0.2, 0) is 4.79 Å². The second-order valence-electron chi connectivity index (χ2n) is 5.10. The topological polar surface area (TPSA) is 55.1 Å². The minimum atomic E-state index is 0.0506. The Morgan fingerprint density at radius 1 is 1.40 bits per heavy atom. The van der Waals surface area contributed by atoms with Gasteiger partial charge in [0.05, 0.1) is 5.69 Å². The van der Waals surface area contributed by atoms with Crippen LogP contribution in [0.3, 0.4) is 0 Å². The molecule has 1 unspecified atom stereocenters. The highest BCUT2D eigenvalue weighted by molar-refractivity contribution is 7.80. The van der Waals surface area contributed by atoms with Crippen LogP contribution in [0.4, 0.5) is 5.69 Å². The molecule has 0 spiro atoms. The lowest BCUT2D eigenvalue weighted by molar-refractivity contribution is -0.120. The maximum atomic E-state index is 12.3. The zero-order valence-corrected chi connectivity index (χ0v) is 13.3. The molecule has 0 fully saturated rings. The summed E-state index contributed by atoms with van der Waals surface area (Å²) < 4.78 is 0. The summed E-state index contributed by atoms with van der Waals surface area (Å²) >= 11 is 5.08. The number of carbonyl (C=O) groups is 1. The summed E-state index contributed by atoms with van der Waals surface area (Å²) in [6.45, 7) is 6.12. The molecule has 0 aliphatic rings. The molecule has 0 aliphatic heterocycles. The summed E-state index contributed by atoms with van der Waals surface area (Å²) in [5.41, 5.74) is 8.23. The number of hydrogen-bond acceptors (Lipinski definition) is 2. The molecule has 1 aromatic carbocycles. The fourth-order valence-electron chi connectivity index (χ4n) is 2.30. The van der Waals surface area contributed by atoms with Gasteiger partial charge in [-0.3, -0.25) is 4.79 Å². The number of amides is 1. The highest BCUT2D eigenvalue weighted by Gasteiger charge is 2.18. The van der Waals surface area contributed by atoms with Crippen LogP contribution in [0.2, 0.25) is 0 Å². The molecule has 0 aromatic heterocycles. The van der Waals surface area contributed by atoms with Crippen molar-refractivity contribution in [3.8, 4) is 0 Å². The Hall–Kier alpha value is -1.42. The van der Waals surface area contributed by atoms with Gasteiger partial charge in [0, 0.05) is 11.5 Å². The number of nitrogens with one attached hydrogen (secondary N) is 1. The van der Waals surface area contributed by atoms with Crippen LogP contribution in [-0.4, -0.2) is 10.9 Å². The van der Waals surface area contributed by atoms with Crippen molar-refractivity contribution in [3.05, 3.63) is 29.3 Å². The molecule has 3 N–H and O–H groups in total. The van der Waals surface area contributed by atoms with Crippen molar-refractivity contribution >= 4 is 28.8 Å². The number of aryl methyl sites for hydroxylation is 1. The predicted molar refractivity (Wildman–Crippen MR) is 89.0 cm³/mol. The number of unbranched alkanes of at least 4 members (excludes halogenated alkanes) is 1. The van der Waals surface area contributed by atoms with Gasteiger partial charge in [-0.05, 0) is 31.4 Å². The van der Waals surface area contributed by atoms with E-state index in [1.807, 2.05) is 32.0 Å². The van der Waals surface area contributed by atoms with E-state index in [0.717, 1.165) is 42.5 Å². The maximum absolute atomic E-state index is 12.3. The molecule has 1 rings (SSSR count). The van der Waals surface area contributed by atoms with Gasteiger partial charge in [0.15, 0.2) is 0 Å². The lowest BCUT2D eigenvalue weighted by Crippen LogP contribution is -2.24. The lowest BCUT2D eigenvalue weighted by atomic mass is 9.98. The quantitative estimate of drug-likeness (QED) is 0.752. The number of benzene rings is 1. The van der Waals surface area contributed by atoms with Crippen LogP contribution in [0.25, 0.3) is 0 Å². The van der Waals surface area contributed by atoms with E-state index >= 15 is 0 Å². The van der Waals surface area contributed by atoms with Crippen molar-refractivity contribution < 1.29 is 4.79 Å². The van der Waals surface area contributed by atoms with Crippen LogP contribution in [0, 0.1) is 12.8 Å². The zero-order chi connectivity index (χ0) is 15.1. The first kappa shape index (κ1) is 16.6. The minimum Gasteiger partial charge on any atom is -0.389 e. The molecule has 0 radical (unpaired) electrons.